The number of amides is 1. The number of sulfonamides is 1. The zero-order valence-corrected chi connectivity index (χ0v) is 12.6. The Balaban J connectivity index is 2.55. The van der Waals surface area contributed by atoms with Gasteiger partial charge in [0.25, 0.3) is 5.91 Å². The van der Waals surface area contributed by atoms with Crippen LogP contribution in [0.4, 0.5) is 4.39 Å². The van der Waals surface area contributed by atoms with E-state index in [1.54, 1.807) is 13.8 Å². The average Bonchev–Trinajstić information content (AvgIpc) is 2.33. The molecule has 0 saturated carbocycles. The predicted molar refractivity (Wildman–Crippen MR) is 75.4 cm³/mol. The number of nitrogens with zero attached hydrogens (tertiary/aromatic N) is 1. The van der Waals surface area contributed by atoms with Crippen LogP contribution in [0.15, 0.2) is 24.3 Å². The lowest BCUT2D eigenvalue weighted by Gasteiger charge is -2.23. The van der Waals surface area contributed by atoms with E-state index < -0.39 is 15.8 Å². The molecule has 1 N–H and O–H groups in total. The highest BCUT2D eigenvalue weighted by molar-refractivity contribution is 7.88. The van der Waals surface area contributed by atoms with Crippen LogP contribution in [0.25, 0.3) is 0 Å². The van der Waals surface area contributed by atoms with Gasteiger partial charge in [-0.05, 0) is 38.1 Å². The van der Waals surface area contributed by atoms with E-state index in [4.69, 9.17) is 0 Å². The maximum atomic E-state index is 12.7. The first-order chi connectivity index (χ1) is 9.21. The lowest BCUT2D eigenvalue weighted by atomic mass is 10.2. The average molecular weight is 302 g/mol. The lowest BCUT2D eigenvalue weighted by molar-refractivity contribution is 0.0950. The summed E-state index contributed by atoms with van der Waals surface area (Å²) in [5, 5.41) is 2.61. The summed E-state index contributed by atoms with van der Waals surface area (Å²) in [6, 6.07) is 4.98. The fraction of sp³-hybridized carbons (Fsp3) is 0.462. The minimum atomic E-state index is -3.30. The number of benzene rings is 1. The molecular weight excluding hydrogens is 283 g/mol. The van der Waals surface area contributed by atoms with Gasteiger partial charge in [-0.1, -0.05) is 0 Å². The summed E-state index contributed by atoms with van der Waals surface area (Å²) in [4.78, 5) is 11.8. The summed E-state index contributed by atoms with van der Waals surface area (Å²) in [5.74, 6) is -0.771. The maximum Gasteiger partial charge on any atom is 0.251 e. The van der Waals surface area contributed by atoms with Crippen molar-refractivity contribution in [2.24, 2.45) is 0 Å². The largest absolute Gasteiger partial charge is 0.351 e. The van der Waals surface area contributed by atoms with Crippen LogP contribution in [0.3, 0.4) is 0 Å². The van der Waals surface area contributed by atoms with Gasteiger partial charge in [0, 0.05) is 24.7 Å². The monoisotopic (exact) mass is 302 g/mol. The Morgan fingerprint density at radius 3 is 2.30 bits per heavy atom. The molecule has 5 nitrogen and oxygen atoms in total. The summed E-state index contributed by atoms with van der Waals surface area (Å²) < 4.78 is 37.1. The van der Waals surface area contributed by atoms with Crippen LogP contribution in [-0.2, 0) is 10.0 Å². The van der Waals surface area contributed by atoms with Gasteiger partial charge in [0.05, 0.1) is 6.26 Å². The highest BCUT2D eigenvalue weighted by Gasteiger charge is 2.19. The van der Waals surface area contributed by atoms with E-state index in [0.29, 0.717) is 5.56 Å². The third-order valence-corrected chi connectivity index (χ3v) is 4.18. The molecule has 1 aromatic carbocycles. The lowest BCUT2D eigenvalue weighted by Crippen LogP contribution is -2.41. The molecule has 1 amide bonds. The molecule has 1 rings (SSSR count). The molecule has 0 heterocycles. The summed E-state index contributed by atoms with van der Waals surface area (Å²) in [6.07, 6.45) is 1.13. The number of nitrogens with one attached hydrogen (secondary N) is 1. The molecule has 0 aliphatic rings. The number of halogens is 1. The normalized spacial score (nSPS) is 11.9. The molecule has 0 aromatic heterocycles. The van der Waals surface area contributed by atoms with Crippen LogP contribution in [0.1, 0.15) is 24.2 Å². The van der Waals surface area contributed by atoms with E-state index in [-0.39, 0.29) is 25.0 Å². The second-order valence-electron chi connectivity index (χ2n) is 4.73. The van der Waals surface area contributed by atoms with Gasteiger partial charge in [-0.3, -0.25) is 4.79 Å². The van der Waals surface area contributed by atoms with Gasteiger partial charge in [-0.15, -0.1) is 0 Å². The highest BCUT2D eigenvalue weighted by Crippen LogP contribution is 2.05. The maximum absolute atomic E-state index is 12.7. The zero-order chi connectivity index (χ0) is 15.3. The number of hydrogen-bond acceptors (Lipinski definition) is 3. The van der Waals surface area contributed by atoms with E-state index in [9.17, 15) is 17.6 Å². The summed E-state index contributed by atoms with van der Waals surface area (Å²) in [6.45, 7) is 3.93. The SMILES string of the molecule is CC(C)N(CCNC(=O)c1ccc(F)cc1)S(C)(=O)=O. The van der Waals surface area contributed by atoms with Crippen molar-refractivity contribution in [1.29, 1.82) is 0 Å². The Kier molecular flexibility index (Phi) is 5.64. The smallest absolute Gasteiger partial charge is 0.251 e. The minimum absolute atomic E-state index is 0.173. The van der Waals surface area contributed by atoms with Crippen molar-refractivity contribution in [3.05, 3.63) is 35.6 Å². The van der Waals surface area contributed by atoms with Crippen molar-refractivity contribution in [3.63, 3.8) is 0 Å². The van der Waals surface area contributed by atoms with Crippen molar-refractivity contribution in [2.45, 2.75) is 19.9 Å². The third kappa shape index (κ3) is 4.90. The van der Waals surface area contributed by atoms with Gasteiger partial charge in [0.15, 0.2) is 0 Å². The molecule has 1 aromatic rings. The Bertz CT molecular complexity index is 555. The molecule has 0 aliphatic heterocycles. The molecule has 0 fully saturated rings. The Morgan fingerprint density at radius 2 is 1.85 bits per heavy atom. The summed E-state index contributed by atoms with van der Waals surface area (Å²) in [5.41, 5.74) is 0.335. The minimum Gasteiger partial charge on any atom is -0.351 e. The molecule has 0 unspecified atom stereocenters. The molecule has 112 valence electrons. The van der Waals surface area contributed by atoms with Crippen LogP contribution in [0.5, 0.6) is 0 Å². The van der Waals surface area contributed by atoms with Gasteiger partial charge in [0.1, 0.15) is 5.82 Å². The molecule has 0 aliphatic carbocycles. The number of carbonyl (C=O) groups is 1. The number of rotatable bonds is 6. The first kappa shape index (κ1) is 16.6. The van der Waals surface area contributed by atoms with E-state index in [0.717, 1.165) is 6.26 Å². The standard InChI is InChI=1S/C13H19FN2O3S/c1-10(2)16(20(3,18)19)9-8-15-13(17)11-4-6-12(14)7-5-11/h4-7,10H,8-9H2,1-3H3,(H,15,17). The predicted octanol–water partition coefficient (Wildman–Crippen LogP) is 1.23. The molecule has 7 heteroatoms. The Labute approximate surface area is 118 Å². The van der Waals surface area contributed by atoms with Crippen LogP contribution < -0.4 is 5.32 Å². The number of carbonyl (C=O) groups excluding carboxylic acids is 1. The zero-order valence-electron chi connectivity index (χ0n) is 11.8. The van der Waals surface area contributed by atoms with Crippen LogP contribution >= 0.6 is 0 Å². The molecule has 0 bridgehead atoms. The van der Waals surface area contributed by atoms with Crippen LogP contribution in [0.2, 0.25) is 0 Å². The molecule has 0 spiro atoms. The molecule has 0 atom stereocenters. The van der Waals surface area contributed by atoms with Gasteiger partial charge in [-0.2, -0.15) is 4.31 Å². The molecule has 20 heavy (non-hydrogen) atoms. The van der Waals surface area contributed by atoms with Crippen molar-refractivity contribution >= 4 is 15.9 Å². The van der Waals surface area contributed by atoms with Gasteiger partial charge in [0.2, 0.25) is 10.0 Å². The molecule has 0 radical (unpaired) electrons. The van der Waals surface area contributed by atoms with E-state index >= 15 is 0 Å². The van der Waals surface area contributed by atoms with E-state index in [1.807, 2.05) is 0 Å². The topological polar surface area (TPSA) is 66.5 Å². The fourth-order valence-corrected chi connectivity index (χ4v) is 2.98. The molecular formula is C13H19FN2O3S. The highest BCUT2D eigenvalue weighted by atomic mass is 32.2. The van der Waals surface area contributed by atoms with Crippen LogP contribution in [-0.4, -0.2) is 44.0 Å². The van der Waals surface area contributed by atoms with Crippen LogP contribution in [0, 0.1) is 5.82 Å². The summed E-state index contributed by atoms with van der Waals surface area (Å²) >= 11 is 0. The first-order valence-corrected chi connectivity index (χ1v) is 8.07. The Hall–Kier alpha value is -1.47. The van der Waals surface area contributed by atoms with Gasteiger partial charge < -0.3 is 5.32 Å². The van der Waals surface area contributed by atoms with E-state index in [1.165, 1.54) is 28.6 Å². The molecule has 0 saturated heterocycles. The van der Waals surface area contributed by atoms with Gasteiger partial charge >= 0.3 is 0 Å². The van der Waals surface area contributed by atoms with Crippen molar-refractivity contribution in [3.8, 4) is 0 Å². The van der Waals surface area contributed by atoms with Crippen molar-refractivity contribution in [2.75, 3.05) is 19.3 Å². The van der Waals surface area contributed by atoms with E-state index in [2.05, 4.69) is 5.32 Å². The Morgan fingerprint density at radius 1 is 1.30 bits per heavy atom. The quantitative estimate of drug-likeness (QED) is 0.859. The number of hydrogen-bond donors (Lipinski definition) is 1. The second kappa shape index (κ2) is 6.81. The van der Waals surface area contributed by atoms with Crippen molar-refractivity contribution < 1.29 is 17.6 Å². The third-order valence-electron chi connectivity index (χ3n) is 2.73. The fourth-order valence-electron chi connectivity index (χ4n) is 1.79. The first-order valence-electron chi connectivity index (χ1n) is 6.22. The van der Waals surface area contributed by atoms with Gasteiger partial charge in [-0.25, -0.2) is 12.8 Å². The van der Waals surface area contributed by atoms with Crippen molar-refractivity contribution in [1.82, 2.24) is 9.62 Å². The summed E-state index contributed by atoms with van der Waals surface area (Å²) in [7, 11) is -3.30. The second-order valence-corrected chi connectivity index (χ2v) is 6.67.